The Labute approximate surface area is 171 Å². The maximum atomic E-state index is 12.2. The van der Waals surface area contributed by atoms with E-state index >= 15 is 0 Å². The Morgan fingerprint density at radius 3 is 2.28 bits per heavy atom. The summed E-state index contributed by atoms with van der Waals surface area (Å²) in [6.45, 7) is 4.49. The topological polar surface area (TPSA) is 75.6 Å². The van der Waals surface area contributed by atoms with Crippen LogP contribution in [0.2, 0.25) is 0 Å². The van der Waals surface area contributed by atoms with Gasteiger partial charge in [0.05, 0.1) is 0 Å². The molecule has 29 heavy (non-hydrogen) atoms. The highest BCUT2D eigenvalue weighted by atomic mass is 16.5. The fourth-order valence-electron chi connectivity index (χ4n) is 5.30. The van der Waals surface area contributed by atoms with Gasteiger partial charge in [-0.1, -0.05) is 68.4 Å². The number of rotatable bonds is 7. The van der Waals surface area contributed by atoms with Crippen LogP contribution in [-0.2, 0) is 21.6 Å². The van der Waals surface area contributed by atoms with E-state index in [1.54, 1.807) is 0 Å². The Bertz CT molecular complexity index is 902. The second-order valence-electron chi connectivity index (χ2n) is 8.89. The summed E-state index contributed by atoms with van der Waals surface area (Å²) in [5.74, 6) is -0.565. The molecular weight excluding hydrogens is 366 g/mol. The molecule has 5 heteroatoms. The normalized spacial score (nSPS) is 25.5. The first-order chi connectivity index (χ1) is 13.9. The highest BCUT2D eigenvalue weighted by molar-refractivity contribution is 5.82. The van der Waals surface area contributed by atoms with Gasteiger partial charge in [-0.2, -0.15) is 0 Å². The molecule has 152 valence electrons. The first-order valence-corrected chi connectivity index (χ1v) is 10.1. The maximum Gasteiger partial charge on any atom is 0.408 e. The van der Waals surface area contributed by atoms with Crippen LogP contribution >= 0.6 is 0 Å². The van der Waals surface area contributed by atoms with E-state index in [2.05, 4.69) is 43.4 Å². The molecule has 3 aliphatic rings. The molecule has 5 nitrogen and oxygen atoms in total. The van der Waals surface area contributed by atoms with Crippen molar-refractivity contribution in [3.63, 3.8) is 0 Å². The lowest BCUT2D eigenvalue weighted by Crippen LogP contribution is -2.73. The molecule has 1 amide bonds. The number of ether oxygens (including phenoxy) is 1. The molecule has 3 fully saturated rings. The van der Waals surface area contributed by atoms with Gasteiger partial charge in [-0.3, -0.25) is 0 Å². The zero-order valence-electron chi connectivity index (χ0n) is 16.9. The van der Waals surface area contributed by atoms with Crippen molar-refractivity contribution in [1.29, 1.82) is 0 Å². The number of hydrogen-bond acceptors (Lipinski definition) is 3. The molecule has 0 saturated heterocycles. The van der Waals surface area contributed by atoms with Gasteiger partial charge in [-0.25, -0.2) is 9.59 Å². The van der Waals surface area contributed by atoms with Crippen LogP contribution in [0.3, 0.4) is 0 Å². The Balaban J connectivity index is 1.41. The van der Waals surface area contributed by atoms with Crippen LogP contribution in [-0.4, -0.2) is 23.2 Å². The number of carbonyl (C=O) groups is 2. The minimum Gasteiger partial charge on any atom is -0.480 e. The summed E-state index contributed by atoms with van der Waals surface area (Å²) in [6.07, 6.45) is 1.70. The van der Waals surface area contributed by atoms with Crippen molar-refractivity contribution in [2.24, 2.45) is 5.41 Å². The third-order valence-electron chi connectivity index (χ3n) is 6.56. The molecule has 2 N–H and O–H groups in total. The minimum atomic E-state index is -0.993. The molecule has 0 aromatic heterocycles. The van der Waals surface area contributed by atoms with E-state index in [4.69, 9.17) is 4.74 Å². The number of alkyl carbamates (subject to hydrolysis) is 1. The van der Waals surface area contributed by atoms with Crippen molar-refractivity contribution in [2.45, 2.75) is 57.1 Å². The van der Waals surface area contributed by atoms with Crippen molar-refractivity contribution in [2.75, 3.05) is 0 Å². The largest absolute Gasteiger partial charge is 0.480 e. The van der Waals surface area contributed by atoms with Crippen LogP contribution in [0.1, 0.15) is 55.7 Å². The number of aliphatic carboxylic acids is 1. The molecule has 5 rings (SSSR count). The lowest BCUT2D eigenvalue weighted by molar-refractivity contribution is -0.183. The Kier molecular flexibility index (Phi) is 4.85. The fourth-order valence-corrected chi connectivity index (χ4v) is 5.30. The summed E-state index contributed by atoms with van der Waals surface area (Å²) in [4.78, 5) is 24.2. The molecule has 2 bridgehead atoms. The number of carbonyl (C=O) groups excluding carboxylic acids is 1. The van der Waals surface area contributed by atoms with E-state index in [-0.39, 0.29) is 17.4 Å². The predicted octanol–water partition coefficient (Wildman–Crippen LogP) is 4.61. The Hall–Kier alpha value is -2.82. The van der Waals surface area contributed by atoms with Gasteiger partial charge in [0, 0.05) is 5.41 Å². The van der Waals surface area contributed by atoms with E-state index in [0.717, 1.165) is 24.8 Å². The van der Waals surface area contributed by atoms with Crippen molar-refractivity contribution in [1.82, 2.24) is 5.32 Å². The molecule has 0 aliphatic heterocycles. The van der Waals surface area contributed by atoms with Gasteiger partial charge in [-0.05, 0) is 47.3 Å². The first kappa shape index (κ1) is 19.5. The van der Waals surface area contributed by atoms with Gasteiger partial charge in [0.1, 0.15) is 12.6 Å². The summed E-state index contributed by atoms with van der Waals surface area (Å²) in [6, 6.07) is 16.9. The lowest BCUT2D eigenvalue weighted by atomic mass is 9.31. The highest BCUT2D eigenvalue weighted by Gasteiger charge is 2.73. The van der Waals surface area contributed by atoms with Gasteiger partial charge < -0.3 is 15.2 Å². The molecule has 3 saturated carbocycles. The van der Waals surface area contributed by atoms with Crippen molar-refractivity contribution in [3.8, 4) is 0 Å². The van der Waals surface area contributed by atoms with Crippen molar-refractivity contribution < 1.29 is 19.4 Å². The monoisotopic (exact) mass is 393 g/mol. The summed E-state index contributed by atoms with van der Waals surface area (Å²) in [5.41, 5.74) is 3.23. The highest BCUT2D eigenvalue weighted by Crippen LogP contribution is 2.75. The summed E-state index contributed by atoms with van der Waals surface area (Å²) in [5, 5.41) is 12.4. The average molecular weight is 393 g/mol. The third-order valence-corrected chi connectivity index (χ3v) is 6.56. The Morgan fingerprint density at radius 2 is 1.66 bits per heavy atom. The number of hydrogen-bond donors (Lipinski definition) is 2. The number of carboxylic acids is 1. The van der Waals surface area contributed by atoms with Crippen molar-refractivity contribution in [3.05, 3.63) is 71.3 Å². The van der Waals surface area contributed by atoms with Gasteiger partial charge in [-0.15, -0.1) is 0 Å². The van der Waals surface area contributed by atoms with E-state index < -0.39 is 18.1 Å². The molecule has 3 aliphatic carbocycles. The molecule has 1 atom stereocenters. The smallest absolute Gasteiger partial charge is 0.408 e. The predicted molar refractivity (Wildman–Crippen MR) is 110 cm³/mol. The zero-order valence-corrected chi connectivity index (χ0v) is 16.9. The molecule has 2 aromatic carbocycles. The number of carboxylic acid groups (broad SMARTS) is 1. The van der Waals surface area contributed by atoms with Gasteiger partial charge >= 0.3 is 12.1 Å². The van der Waals surface area contributed by atoms with E-state index in [1.807, 2.05) is 30.3 Å². The Morgan fingerprint density at radius 1 is 1.03 bits per heavy atom. The van der Waals surface area contributed by atoms with E-state index in [9.17, 15) is 14.7 Å². The molecular formula is C24H27NO4. The zero-order chi connectivity index (χ0) is 20.6. The van der Waals surface area contributed by atoms with Crippen LogP contribution in [0, 0.1) is 5.41 Å². The summed E-state index contributed by atoms with van der Waals surface area (Å²) < 4.78 is 5.24. The van der Waals surface area contributed by atoms with Crippen LogP contribution in [0.5, 0.6) is 0 Å². The molecule has 2 aromatic rings. The minimum absolute atomic E-state index is 0.0597. The van der Waals surface area contributed by atoms with Crippen molar-refractivity contribution >= 4 is 12.1 Å². The summed E-state index contributed by atoms with van der Waals surface area (Å²) >= 11 is 0. The van der Waals surface area contributed by atoms with Gasteiger partial charge in [0.25, 0.3) is 0 Å². The number of amides is 1. The summed E-state index contributed by atoms with van der Waals surface area (Å²) in [7, 11) is 0. The molecule has 0 spiro atoms. The lowest BCUT2D eigenvalue weighted by Gasteiger charge is -2.73. The molecule has 1 unspecified atom stereocenters. The first-order valence-electron chi connectivity index (χ1n) is 10.1. The second-order valence-corrected chi connectivity index (χ2v) is 8.89. The SMILES string of the molecule is CC(C)c1ccccc1C12CC(C(NC(=O)OCc3ccccc3)C(=O)O)(C1)C2. The van der Waals surface area contributed by atoms with Crippen LogP contribution in [0.4, 0.5) is 4.79 Å². The van der Waals surface area contributed by atoms with Crippen LogP contribution in [0.25, 0.3) is 0 Å². The van der Waals surface area contributed by atoms with Gasteiger partial charge in [0.15, 0.2) is 0 Å². The average Bonchev–Trinajstić information content (AvgIpc) is 2.64. The van der Waals surface area contributed by atoms with E-state index in [0.29, 0.717) is 5.92 Å². The fraction of sp³-hybridized carbons (Fsp3) is 0.417. The van der Waals surface area contributed by atoms with E-state index in [1.165, 1.54) is 11.1 Å². The second kappa shape index (κ2) is 7.21. The third kappa shape index (κ3) is 3.39. The maximum absolute atomic E-state index is 12.2. The quantitative estimate of drug-likeness (QED) is 0.720. The number of benzene rings is 2. The van der Waals surface area contributed by atoms with Gasteiger partial charge in [0.2, 0.25) is 0 Å². The standard InChI is InChI=1S/C24H27NO4/c1-16(2)18-10-6-7-11-19(18)23-13-24(14-23,15-23)20(21(26)27)25-22(28)29-12-17-8-4-3-5-9-17/h3-11,16,20H,12-15H2,1-2H3,(H,25,28)(H,26,27). The number of nitrogens with one attached hydrogen (secondary N) is 1. The van der Waals surface area contributed by atoms with Crippen LogP contribution < -0.4 is 5.32 Å². The van der Waals surface area contributed by atoms with Crippen LogP contribution in [0.15, 0.2) is 54.6 Å². The molecule has 0 radical (unpaired) electrons. The molecule has 0 heterocycles.